The van der Waals surface area contributed by atoms with Gasteiger partial charge >= 0.3 is 6.03 Å². The van der Waals surface area contributed by atoms with E-state index < -0.39 is 0 Å². The van der Waals surface area contributed by atoms with Crippen LogP contribution in [0.25, 0.3) is 10.9 Å². The first-order chi connectivity index (χ1) is 12.6. The second-order valence-electron chi connectivity index (χ2n) is 5.99. The van der Waals surface area contributed by atoms with Crippen molar-refractivity contribution in [2.75, 3.05) is 18.4 Å². The van der Waals surface area contributed by atoms with E-state index in [2.05, 4.69) is 36.9 Å². The SMILES string of the molecule is CC(NC(=O)NCCNc1ccc2ccccc2n1)c1ccc(Br)cc1. The number of aromatic nitrogens is 1. The van der Waals surface area contributed by atoms with Crippen LogP contribution in [0.15, 0.2) is 65.1 Å². The lowest BCUT2D eigenvalue weighted by Crippen LogP contribution is -2.39. The molecule has 0 fully saturated rings. The maximum atomic E-state index is 12.0. The first-order valence-electron chi connectivity index (χ1n) is 8.51. The summed E-state index contributed by atoms with van der Waals surface area (Å²) in [6, 6.07) is 19.6. The first-order valence-corrected chi connectivity index (χ1v) is 9.30. The standard InChI is InChI=1S/C20H21BrN4O/c1-14(15-6-9-17(21)10-7-15)24-20(26)23-13-12-22-19-11-8-16-4-2-3-5-18(16)25-19/h2-11,14H,12-13H2,1H3,(H,22,25)(H2,23,24,26). The van der Waals surface area contributed by atoms with Gasteiger partial charge in [0.25, 0.3) is 0 Å². The molecular formula is C20H21BrN4O. The molecular weight excluding hydrogens is 392 g/mol. The number of pyridine rings is 1. The van der Waals surface area contributed by atoms with Gasteiger partial charge < -0.3 is 16.0 Å². The van der Waals surface area contributed by atoms with Crippen molar-refractivity contribution in [3.05, 3.63) is 70.7 Å². The highest BCUT2D eigenvalue weighted by Gasteiger charge is 2.08. The molecule has 0 saturated carbocycles. The van der Waals surface area contributed by atoms with E-state index in [0.29, 0.717) is 13.1 Å². The molecule has 5 nitrogen and oxygen atoms in total. The second-order valence-corrected chi connectivity index (χ2v) is 6.91. The molecule has 0 aliphatic rings. The number of amides is 2. The zero-order chi connectivity index (χ0) is 18.4. The number of nitrogens with one attached hydrogen (secondary N) is 3. The number of rotatable bonds is 6. The van der Waals surface area contributed by atoms with Crippen molar-refractivity contribution in [2.24, 2.45) is 0 Å². The number of anilines is 1. The van der Waals surface area contributed by atoms with Crippen LogP contribution in [0.3, 0.4) is 0 Å². The molecule has 0 saturated heterocycles. The molecule has 1 heterocycles. The van der Waals surface area contributed by atoms with E-state index in [1.54, 1.807) is 0 Å². The third-order valence-corrected chi connectivity index (χ3v) is 4.56. The number of nitrogens with zero attached hydrogens (tertiary/aromatic N) is 1. The van der Waals surface area contributed by atoms with Crippen LogP contribution < -0.4 is 16.0 Å². The number of halogens is 1. The van der Waals surface area contributed by atoms with Crippen LogP contribution in [0.5, 0.6) is 0 Å². The van der Waals surface area contributed by atoms with E-state index in [1.807, 2.05) is 67.6 Å². The van der Waals surface area contributed by atoms with E-state index in [9.17, 15) is 4.79 Å². The Kier molecular flexibility index (Phi) is 6.07. The number of benzene rings is 2. The zero-order valence-electron chi connectivity index (χ0n) is 14.5. The first kappa shape index (κ1) is 18.2. The number of carbonyl (C=O) groups is 1. The lowest BCUT2D eigenvalue weighted by molar-refractivity contribution is 0.238. The van der Waals surface area contributed by atoms with Crippen LogP contribution >= 0.6 is 15.9 Å². The minimum atomic E-state index is -0.186. The number of carbonyl (C=O) groups excluding carboxylic acids is 1. The smallest absolute Gasteiger partial charge is 0.315 e. The maximum absolute atomic E-state index is 12.0. The minimum Gasteiger partial charge on any atom is -0.368 e. The average Bonchev–Trinajstić information content (AvgIpc) is 2.65. The highest BCUT2D eigenvalue weighted by molar-refractivity contribution is 9.10. The van der Waals surface area contributed by atoms with Gasteiger partial charge in [0.05, 0.1) is 11.6 Å². The summed E-state index contributed by atoms with van der Waals surface area (Å²) in [6.07, 6.45) is 0. The van der Waals surface area contributed by atoms with Gasteiger partial charge in [-0.05, 0) is 42.8 Å². The third kappa shape index (κ3) is 4.95. The second kappa shape index (κ2) is 8.67. The predicted molar refractivity (Wildman–Crippen MR) is 109 cm³/mol. The van der Waals surface area contributed by atoms with Crippen molar-refractivity contribution < 1.29 is 4.79 Å². The van der Waals surface area contributed by atoms with Crippen LogP contribution in [-0.4, -0.2) is 24.1 Å². The van der Waals surface area contributed by atoms with E-state index in [4.69, 9.17) is 0 Å². The summed E-state index contributed by atoms with van der Waals surface area (Å²) in [5, 5.41) is 10.1. The summed E-state index contributed by atoms with van der Waals surface area (Å²) in [6.45, 7) is 3.07. The Labute approximate surface area is 161 Å². The van der Waals surface area contributed by atoms with Crippen molar-refractivity contribution in [1.82, 2.24) is 15.6 Å². The molecule has 6 heteroatoms. The summed E-state index contributed by atoms with van der Waals surface area (Å²) in [5.74, 6) is 0.800. The molecule has 0 radical (unpaired) electrons. The topological polar surface area (TPSA) is 66.1 Å². The fourth-order valence-electron chi connectivity index (χ4n) is 2.61. The van der Waals surface area contributed by atoms with Gasteiger partial charge in [0, 0.05) is 22.9 Å². The van der Waals surface area contributed by atoms with E-state index in [-0.39, 0.29) is 12.1 Å². The Morgan fingerprint density at radius 1 is 1.04 bits per heavy atom. The Hall–Kier alpha value is -2.60. The van der Waals surface area contributed by atoms with Gasteiger partial charge in [-0.3, -0.25) is 0 Å². The van der Waals surface area contributed by atoms with Gasteiger partial charge in [0.1, 0.15) is 5.82 Å². The summed E-state index contributed by atoms with van der Waals surface area (Å²) < 4.78 is 1.02. The van der Waals surface area contributed by atoms with Crippen molar-refractivity contribution in [2.45, 2.75) is 13.0 Å². The molecule has 1 unspecified atom stereocenters. The summed E-state index contributed by atoms with van der Waals surface area (Å²) in [7, 11) is 0. The van der Waals surface area contributed by atoms with Gasteiger partial charge in [0.15, 0.2) is 0 Å². The molecule has 3 N–H and O–H groups in total. The summed E-state index contributed by atoms with van der Waals surface area (Å²) in [4.78, 5) is 16.5. The molecule has 134 valence electrons. The lowest BCUT2D eigenvalue weighted by atomic mass is 10.1. The Morgan fingerprint density at radius 3 is 2.62 bits per heavy atom. The molecule has 1 aromatic heterocycles. The van der Waals surface area contributed by atoms with E-state index >= 15 is 0 Å². The van der Waals surface area contributed by atoms with Crippen LogP contribution in [-0.2, 0) is 0 Å². The van der Waals surface area contributed by atoms with Gasteiger partial charge in [-0.2, -0.15) is 0 Å². The number of urea groups is 1. The number of hydrogen-bond donors (Lipinski definition) is 3. The monoisotopic (exact) mass is 412 g/mol. The van der Waals surface area contributed by atoms with Crippen molar-refractivity contribution in [1.29, 1.82) is 0 Å². The molecule has 0 aliphatic carbocycles. The molecule has 0 spiro atoms. The van der Waals surface area contributed by atoms with Crippen molar-refractivity contribution in [3.63, 3.8) is 0 Å². The zero-order valence-corrected chi connectivity index (χ0v) is 16.1. The molecule has 3 rings (SSSR count). The Balaban J connectivity index is 1.42. The molecule has 2 aromatic carbocycles. The highest BCUT2D eigenvalue weighted by Crippen LogP contribution is 2.16. The number of para-hydroxylation sites is 1. The van der Waals surface area contributed by atoms with Crippen LogP contribution in [0, 0.1) is 0 Å². The van der Waals surface area contributed by atoms with Gasteiger partial charge in [-0.15, -0.1) is 0 Å². The average molecular weight is 413 g/mol. The summed E-state index contributed by atoms with van der Waals surface area (Å²) >= 11 is 3.41. The fraction of sp³-hybridized carbons (Fsp3) is 0.200. The normalized spacial score (nSPS) is 11.8. The predicted octanol–water partition coefficient (Wildman–Crippen LogP) is 4.47. The van der Waals surface area contributed by atoms with Gasteiger partial charge in [0.2, 0.25) is 0 Å². The largest absolute Gasteiger partial charge is 0.368 e. The van der Waals surface area contributed by atoms with Crippen LogP contribution in [0.4, 0.5) is 10.6 Å². The maximum Gasteiger partial charge on any atom is 0.315 e. The fourth-order valence-corrected chi connectivity index (χ4v) is 2.88. The van der Waals surface area contributed by atoms with Crippen molar-refractivity contribution in [3.8, 4) is 0 Å². The van der Waals surface area contributed by atoms with Crippen molar-refractivity contribution >= 4 is 38.7 Å². The molecule has 3 aromatic rings. The van der Waals surface area contributed by atoms with Crippen LogP contribution in [0.1, 0.15) is 18.5 Å². The molecule has 1 atom stereocenters. The molecule has 0 aliphatic heterocycles. The third-order valence-electron chi connectivity index (χ3n) is 4.03. The lowest BCUT2D eigenvalue weighted by Gasteiger charge is -2.15. The number of hydrogen-bond acceptors (Lipinski definition) is 3. The Morgan fingerprint density at radius 2 is 1.81 bits per heavy atom. The Bertz CT molecular complexity index is 882. The van der Waals surface area contributed by atoms with Crippen LogP contribution in [0.2, 0.25) is 0 Å². The number of fused-ring (bicyclic) bond motifs is 1. The molecule has 2 amide bonds. The van der Waals surface area contributed by atoms with E-state index in [1.165, 1.54) is 0 Å². The molecule has 0 bridgehead atoms. The van der Waals surface area contributed by atoms with Gasteiger partial charge in [-0.25, -0.2) is 9.78 Å². The summed E-state index contributed by atoms with van der Waals surface area (Å²) in [5.41, 5.74) is 2.01. The van der Waals surface area contributed by atoms with Gasteiger partial charge in [-0.1, -0.05) is 46.3 Å². The molecule has 26 heavy (non-hydrogen) atoms. The van der Waals surface area contributed by atoms with E-state index in [0.717, 1.165) is 26.8 Å². The minimum absolute atomic E-state index is 0.0572. The quantitative estimate of drug-likeness (QED) is 0.523. The highest BCUT2D eigenvalue weighted by atomic mass is 79.9.